The summed E-state index contributed by atoms with van der Waals surface area (Å²) in [6, 6.07) is 6.59. The molecule has 0 unspecified atom stereocenters. The number of carbonyl (C=O) groups is 3. The van der Waals surface area contributed by atoms with Gasteiger partial charge in [-0.25, -0.2) is 0 Å². The highest BCUT2D eigenvalue weighted by molar-refractivity contribution is 6.39. The minimum absolute atomic E-state index is 0.0459. The number of ketones is 3. The van der Waals surface area contributed by atoms with Crippen LogP contribution in [0.2, 0.25) is 0 Å². The van der Waals surface area contributed by atoms with E-state index in [0.29, 0.717) is 23.3 Å². The predicted molar refractivity (Wildman–Crippen MR) is 89.7 cm³/mol. The molecule has 2 aliphatic rings. The Labute approximate surface area is 139 Å². The Morgan fingerprint density at radius 3 is 2.33 bits per heavy atom. The van der Waals surface area contributed by atoms with Crippen LogP contribution in [0.1, 0.15) is 34.1 Å². The Kier molecular flexibility index (Phi) is 4.13. The molecule has 0 aliphatic heterocycles. The van der Waals surface area contributed by atoms with E-state index in [1.165, 1.54) is 6.92 Å². The Bertz CT molecular complexity index is 879. The molecule has 0 fully saturated rings. The standard InChI is InChI=1S/C20H16O4/c1-12-17(19(22)13-6-5-7-14(24-2)11-10-13)20(23)16-9-4-3-8-15(16)18(12)21/h3-4,6-11H,5H2,1-2H3. The zero-order valence-electron chi connectivity index (χ0n) is 13.5. The van der Waals surface area contributed by atoms with Crippen LogP contribution in [0, 0.1) is 0 Å². The third-order valence-corrected chi connectivity index (χ3v) is 4.17. The summed E-state index contributed by atoms with van der Waals surface area (Å²) in [7, 11) is 1.55. The van der Waals surface area contributed by atoms with Crippen LogP contribution in [0.25, 0.3) is 0 Å². The molecule has 24 heavy (non-hydrogen) atoms. The van der Waals surface area contributed by atoms with E-state index in [1.807, 2.05) is 6.08 Å². The first-order chi connectivity index (χ1) is 11.5. The van der Waals surface area contributed by atoms with Crippen molar-refractivity contribution in [2.45, 2.75) is 13.3 Å². The molecular weight excluding hydrogens is 304 g/mol. The zero-order valence-corrected chi connectivity index (χ0v) is 13.5. The molecular formula is C20H16O4. The van der Waals surface area contributed by atoms with E-state index in [9.17, 15) is 14.4 Å². The molecule has 0 atom stereocenters. The van der Waals surface area contributed by atoms with Gasteiger partial charge in [0.1, 0.15) is 5.76 Å². The van der Waals surface area contributed by atoms with Crippen molar-refractivity contribution in [1.82, 2.24) is 0 Å². The summed E-state index contributed by atoms with van der Waals surface area (Å²) in [5, 5.41) is 0. The van der Waals surface area contributed by atoms with E-state index >= 15 is 0 Å². The molecule has 0 radical (unpaired) electrons. The second-order valence-corrected chi connectivity index (χ2v) is 5.57. The van der Waals surface area contributed by atoms with Crippen molar-refractivity contribution in [2.75, 3.05) is 7.11 Å². The summed E-state index contributed by atoms with van der Waals surface area (Å²) < 4.78 is 5.15. The van der Waals surface area contributed by atoms with Crippen molar-refractivity contribution < 1.29 is 19.1 Å². The molecule has 0 spiro atoms. The fourth-order valence-corrected chi connectivity index (χ4v) is 2.85. The first kappa shape index (κ1) is 15.9. The van der Waals surface area contributed by atoms with Crippen LogP contribution in [0.5, 0.6) is 0 Å². The number of Topliss-reactive ketones (excluding diaryl/α,β-unsaturated/α-hetero) is 3. The lowest BCUT2D eigenvalue weighted by atomic mass is 9.81. The summed E-state index contributed by atoms with van der Waals surface area (Å²) in [6.45, 7) is 1.53. The largest absolute Gasteiger partial charge is 0.497 e. The quantitative estimate of drug-likeness (QED) is 0.801. The summed E-state index contributed by atoms with van der Waals surface area (Å²) in [6.07, 6.45) is 7.37. The number of rotatable bonds is 3. The van der Waals surface area contributed by atoms with E-state index in [0.717, 1.165) is 0 Å². The molecule has 0 amide bonds. The van der Waals surface area contributed by atoms with Crippen molar-refractivity contribution in [3.05, 3.63) is 82.2 Å². The Morgan fingerprint density at radius 2 is 1.67 bits per heavy atom. The minimum atomic E-state index is -0.428. The van der Waals surface area contributed by atoms with E-state index in [-0.39, 0.29) is 22.5 Å². The maximum atomic E-state index is 12.9. The normalized spacial score (nSPS) is 17.1. The van der Waals surface area contributed by atoms with Gasteiger partial charge in [-0.1, -0.05) is 30.3 Å². The van der Waals surface area contributed by atoms with Gasteiger partial charge in [0.25, 0.3) is 0 Å². The molecule has 0 saturated heterocycles. The molecule has 3 rings (SSSR count). The lowest BCUT2D eigenvalue weighted by Crippen LogP contribution is -2.26. The Hall–Kier alpha value is -3.01. The number of methoxy groups -OCH3 is 1. The van der Waals surface area contributed by atoms with Crippen molar-refractivity contribution >= 4 is 17.3 Å². The van der Waals surface area contributed by atoms with Gasteiger partial charge in [-0.2, -0.15) is 0 Å². The number of hydrogen-bond donors (Lipinski definition) is 0. The Balaban J connectivity index is 2.02. The van der Waals surface area contributed by atoms with Crippen molar-refractivity contribution in [3.8, 4) is 0 Å². The van der Waals surface area contributed by atoms with Crippen LogP contribution in [0.3, 0.4) is 0 Å². The molecule has 0 bridgehead atoms. The third-order valence-electron chi connectivity index (χ3n) is 4.17. The first-order valence-electron chi connectivity index (χ1n) is 7.61. The van der Waals surface area contributed by atoms with Crippen LogP contribution in [0.4, 0.5) is 0 Å². The lowest BCUT2D eigenvalue weighted by Gasteiger charge is -2.18. The van der Waals surface area contributed by atoms with Crippen molar-refractivity contribution in [2.24, 2.45) is 0 Å². The van der Waals surface area contributed by atoms with Gasteiger partial charge in [0.15, 0.2) is 17.3 Å². The molecule has 2 aliphatic carbocycles. The molecule has 4 heteroatoms. The number of hydrogen-bond acceptors (Lipinski definition) is 4. The monoisotopic (exact) mass is 320 g/mol. The maximum Gasteiger partial charge on any atom is 0.198 e. The number of fused-ring (bicyclic) bond motifs is 1. The summed E-state index contributed by atoms with van der Waals surface area (Å²) in [4.78, 5) is 38.1. The zero-order chi connectivity index (χ0) is 17.3. The van der Waals surface area contributed by atoms with Gasteiger partial charge in [-0.3, -0.25) is 14.4 Å². The van der Waals surface area contributed by atoms with Gasteiger partial charge >= 0.3 is 0 Å². The highest BCUT2D eigenvalue weighted by Gasteiger charge is 2.34. The Morgan fingerprint density at radius 1 is 1.00 bits per heavy atom. The van der Waals surface area contributed by atoms with Crippen LogP contribution in [0.15, 0.2) is 71.0 Å². The molecule has 120 valence electrons. The van der Waals surface area contributed by atoms with E-state index < -0.39 is 11.6 Å². The molecule has 0 aromatic heterocycles. The van der Waals surface area contributed by atoms with E-state index in [4.69, 9.17) is 4.74 Å². The van der Waals surface area contributed by atoms with Gasteiger partial charge in [0, 0.05) is 22.3 Å². The fraction of sp³-hybridized carbons (Fsp3) is 0.150. The second-order valence-electron chi connectivity index (χ2n) is 5.57. The molecule has 0 heterocycles. The van der Waals surface area contributed by atoms with Crippen LogP contribution in [-0.4, -0.2) is 24.5 Å². The molecule has 0 saturated carbocycles. The molecule has 1 aromatic carbocycles. The summed E-state index contributed by atoms with van der Waals surface area (Å²) in [5.41, 5.74) is 1.17. The average molecular weight is 320 g/mol. The average Bonchev–Trinajstić information content (AvgIpc) is 2.85. The van der Waals surface area contributed by atoms with Crippen LogP contribution in [-0.2, 0) is 9.53 Å². The van der Waals surface area contributed by atoms with Gasteiger partial charge in [0.2, 0.25) is 0 Å². The SMILES string of the molecule is COC1=CCC=C(C(=O)C2=C(C)C(=O)c3ccccc3C2=O)C=C1. The van der Waals surface area contributed by atoms with Gasteiger partial charge < -0.3 is 4.74 Å². The van der Waals surface area contributed by atoms with Crippen molar-refractivity contribution in [1.29, 1.82) is 0 Å². The fourth-order valence-electron chi connectivity index (χ4n) is 2.85. The topological polar surface area (TPSA) is 60.4 Å². The molecule has 4 nitrogen and oxygen atoms in total. The minimum Gasteiger partial charge on any atom is -0.497 e. The van der Waals surface area contributed by atoms with Crippen molar-refractivity contribution in [3.63, 3.8) is 0 Å². The lowest BCUT2D eigenvalue weighted by molar-refractivity contribution is -0.111. The smallest absolute Gasteiger partial charge is 0.198 e. The summed E-state index contributed by atoms with van der Waals surface area (Å²) >= 11 is 0. The number of allylic oxidation sites excluding steroid dienone is 7. The third kappa shape index (κ3) is 2.56. The van der Waals surface area contributed by atoms with Gasteiger partial charge in [-0.05, 0) is 31.6 Å². The summed E-state index contributed by atoms with van der Waals surface area (Å²) in [5.74, 6) is -0.452. The van der Waals surface area contributed by atoms with Crippen LogP contribution < -0.4 is 0 Å². The first-order valence-corrected chi connectivity index (χ1v) is 7.61. The van der Waals surface area contributed by atoms with E-state index in [2.05, 4.69) is 0 Å². The van der Waals surface area contributed by atoms with E-state index in [1.54, 1.807) is 49.6 Å². The highest BCUT2D eigenvalue weighted by Crippen LogP contribution is 2.28. The maximum absolute atomic E-state index is 12.9. The second kappa shape index (κ2) is 6.24. The number of ether oxygens (including phenoxy) is 1. The van der Waals surface area contributed by atoms with Gasteiger partial charge in [0.05, 0.1) is 12.7 Å². The molecule has 1 aromatic rings. The predicted octanol–water partition coefficient (Wildman–Crippen LogP) is 3.37. The number of benzene rings is 1. The van der Waals surface area contributed by atoms with Crippen LogP contribution >= 0.6 is 0 Å². The molecule has 0 N–H and O–H groups in total. The number of carbonyl (C=O) groups excluding carboxylic acids is 3. The highest BCUT2D eigenvalue weighted by atomic mass is 16.5. The van der Waals surface area contributed by atoms with Gasteiger partial charge in [-0.15, -0.1) is 0 Å².